The molecule has 2 aromatic rings. The van der Waals surface area contributed by atoms with Gasteiger partial charge in [0.1, 0.15) is 5.75 Å². The highest BCUT2D eigenvalue weighted by Crippen LogP contribution is 2.32. The minimum absolute atomic E-state index is 0.212. The third kappa shape index (κ3) is 4.28. The molecule has 1 aliphatic rings. The normalized spacial score (nSPS) is 18.2. The van der Waals surface area contributed by atoms with Crippen molar-refractivity contribution in [3.8, 4) is 5.75 Å². The molecule has 1 saturated heterocycles. The molecule has 5 nitrogen and oxygen atoms in total. The maximum absolute atomic E-state index is 5.73. The summed E-state index contributed by atoms with van der Waals surface area (Å²) < 4.78 is 11.2. The van der Waals surface area contributed by atoms with Crippen LogP contribution in [0.4, 0.5) is 0 Å². The maximum atomic E-state index is 5.73. The number of allylic oxidation sites excluding steroid dienone is 1. The molecule has 0 radical (unpaired) electrons. The zero-order valence-electron chi connectivity index (χ0n) is 15.2. The van der Waals surface area contributed by atoms with Crippen LogP contribution in [-0.4, -0.2) is 28.2 Å². The van der Waals surface area contributed by atoms with Gasteiger partial charge in [-0.1, -0.05) is 29.8 Å². The maximum Gasteiger partial charge on any atom is 0.243 e. The number of ether oxygens (including phenoxy) is 1. The molecular weight excluding hydrogens is 314 g/mol. The van der Waals surface area contributed by atoms with E-state index in [1.54, 1.807) is 0 Å². The highest BCUT2D eigenvalue weighted by molar-refractivity contribution is 5.38. The fourth-order valence-electron chi connectivity index (χ4n) is 3.49. The number of benzene rings is 1. The van der Waals surface area contributed by atoms with E-state index in [1.807, 2.05) is 19.9 Å². The lowest BCUT2D eigenvalue weighted by Gasteiger charge is -2.33. The standard InChI is InChI=1S/C20H27N3O2/c1-4-8-17-13-16(10-11-19(17)24-5-2)14-23-12-7-6-9-18(23)20-21-15(3)22-25-20/h4,10-11,13,18H,1,5-9,12,14H2,2-3H3/t18-/m0/s1. The predicted octanol–water partition coefficient (Wildman–Crippen LogP) is 4.23. The molecule has 5 heteroatoms. The molecule has 0 unspecified atom stereocenters. The summed E-state index contributed by atoms with van der Waals surface area (Å²) in [5.74, 6) is 2.40. The first-order valence-corrected chi connectivity index (χ1v) is 9.11. The Labute approximate surface area is 149 Å². The average molecular weight is 341 g/mol. The van der Waals surface area contributed by atoms with Gasteiger partial charge < -0.3 is 9.26 Å². The van der Waals surface area contributed by atoms with Gasteiger partial charge in [0.25, 0.3) is 0 Å². The first-order valence-electron chi connectivity index (χ1n) is 9.11. The third-order valence-electron chi connectivity index (χ3n) is 4.62. The largest absolute Gasteiger partial charge is 0.494 e. The summed E-state index contributed by atoms with van der Waals surface area (Å²) in [4.78, 5) is 6.91. The second kappa shape index (κ2) is 8.30. The van der Waals surface area contributed by atoms with Crippen LogP contribution in [0, 0.1) is 6.92 Å². The van der Waals surface area contributed by atoms with Crippen LogP contribution in [0.3, 0.4) is 0 Å². The van der Waals surface area contributed by atoms with Gasteiger partial charge in [-0.05, 0) is 56.8 Å². The van der Waals surface area contributed by atoms with Crippen molar-refractivity contribution in [2.24, 2.45) is 0 Å². The Kier molecular flexibility index (Phi) is 5.87. The Morgan fingerprint density at radius 2 is 2.28 bits per heavy atom. The van der Waals surface area contributed by atoms with E-state index in [0.717, 1.165) is 37.6 Å². The topological polar surface area (TPSA) is 51.4 Å². The minimum Gasteiger partial charge on any atom is -0.494 e. The van der Waals surface area contributed by atoms with Crippen LogP contribution in [0.15, 0.2) is 35.4 Å². The van der Waals surface area contributed by atoms with Crippen LogP contribution in [0.25, 0.3) is 0 Å². The van der Waals surface area contributed by atoms with E-state index in [0.29, 0.717) is 12.4 Å². The molecule has 134 valence electrons. The lowest BCUT2D eigenvalue weighted by molar-refractivity contribution is 0.111. The Morgan fingerprint density at radius 1 is 1.40 bits per heavy atom. The van der Waals surface area contributed by atoms with E-state index in [9.17, 15) is 0 Å². The number of nitrogens with zero attached hydrogens (tertiary/aromatic N) is 3. The van der Waals surface area contributed by atoms with Crippen molar-refractivity contribution in [3.63, 3.8) is 0 Å². The van der Waals surface area contributed by atoms with E-state index >= 15 is 0 Å². The lowest BCUT2D eigenvalue weighted by atomic mass is 10.00. The number of hydrogen-bond acceptors (Lipinski definition) is 5. The number of rotatable bonds is 7. The zero-order chi connectivity index (χ0) is 17.6. The first-order chi connectivity index (χ1) is 12.2. The molecule has 1 aliphatic heterocycles. The predicted molar refractivity (Wildman–Crippen MR) is 97.5 cm³/mol. The molecule has 2 heterocycles. The average Bonchev–Trinajstić information content (AvgIpc) is 3.04. The van der Waals surface area contributed by atoms with Crippen molar-refractivity contribution < 1.29 is 9.26 Å². The monoisotopic (exact) mass is 341 g/mol. The van der Waals surface area contributed by atoms with Crippen molar-refractivity contribution >= 4 is 0 Å². The van der Waals surface area contributed by atoms with Crippen molar-refractivity contribution in [3.05, 3.63) is 53.7 Å². The summed E-state index contributed by atoms with van der Waals surface area (Å²) >= 11 is 0. The summed E-state index contributed by atoms with van der Waals surface area (Å²) in [6.07, 6.45) is 6.22. The molecule has 0 amide bonds. The van der Waals surface area contributed by atoms with E-state index < -0.39 is 0 Å². The van der Waals surface area contributed by atoms with Gasteiger partial charge in [0, 0.05) is 6.54 Å². The first kappa shape index (κ1) is 17.7. The van der Waals surface area contributed by atoms with Crippen LogP contribution < -0.4 is 4.74 Å². The Balaban J connectivity index is 1.79. The molecule has 1 atom stereocenters. The molecule has 1 aromatic heterocycles. The highest BCUT2D eigenvalue weighted by Gasteiger charge is 2.28. The van der Waals surface area contributed by atoms with E-state index in [1.165, 1.54) is 24.0 Å². The number of aryl methyl sites for hydroxylation is 1. The van der Waals surface area contributed by atoms with Crippen molar-refractivity contribution in [1.29, 1.82) is 0 Å². The molecule has 0 aliphatic carbocycles. The number of hydrogen-bond donors (Lipinski definition) is 0. The van der Waals surface area contributed by atoms with Gasteiger partial charge in [-0.15, -0.1) is 6.58 Å². The van der Waals surface area contributed by atoms with Crippen LogP contribution in [-0.2, 0) is 13.0 Å². The van der Waals surface area contributed by atoms with Crippen LogP contribution >= 0.6 is 0 Å². The van der Waals surface area contributed by atoms with E-state index in [2.05, 4.69) is 39.8 Å². The Hall–Kier alpha value is -2.14. The molecule has 1 aromatic carbocycles. The van der Waals surface area contributed by atoms with Gasteiger partial charge in [-0.3, -0.25) is 4.90 Å². The molecule has 1 fully saturated rings. The number of aromatic nitrogens is 2. The molecule has 25 heavy (non-hydrogen) atoms. The third-order valence-corrected chi connectivity index (χ3v) is 4.62. The quantitative estimate of drug-likeness (QED) is 0.705. The number of piperidine rings is 1. The zero-order valence-corrected chi connectivity index (χ0v) is 15.2. The van der Waals surface area contributed by atoms with E-state index in [-0.39, 0.29) is 6.04 Å². The van der Waals surface area contributed by atoms with Crippen molar-refractivity contribution in [1.82, 2.24) is 15.0 Å². The van der Waals surface area contributed by atoms with Crippen LogP contribution in [0.1, 0.15) is 55.1 Å². The fraction of sp³-hybridized carbons (Fsp3) is 0.500. The van der Waals surface area contributed by atoms with Gasteiger partial charge in [-0.25, -0.2) is 0 Å². The van der Waals surface area contributed by atoms with Gasteiger partial charge in [0.2, 0.25) is 5.89 Å². The molecule has 0 saturated carbocycles. The van der Waals surface area contributed by atoms with Gasteiger partial charge >= 0.3 is 0 Å². The van der Waals surface area contributed by atoms with Crippen molar-refractivity contribution in [2.45, 2.75) is 52.1 Å². The molecule has 0 spiro atoms. The molecule has 3 rings (SSSR count). The summed E-state index contributed by atoms with van der Waals surface area (Å²) in [5.41, 5.74) is 2.47. The molecule has 0 bridgehead atoms. The highest BCUT2D eigenvalue weighted by atomic mass is 16.5. The summed E-state index contributed by atoms with van der Waals surface area (Å²) in [7, 11) is 0. The smallest absolute Gasteiger partial charge is 0.243 e. The summed E-state index contributed by atoms with van der Waals surface area (Å²) in [6, 6.07) is 6.68. The lowest BCUT2D eigenvalue weighted by Crippen LogP contribution is -2.33. The second-order valence-corrected chi connectivity index (χ2v) is 6.53. The van der Waals surface area contributed by atoms with Crippen LogP contribution in [0.2, 0.25) is 0 Å². The van der Waals surface area contributed by atoms with Crippen molar-refractivity contribution in [2.75, 3.05) is 13.2 Å². The van der Waals surface area contributed by atoms with Gasteiger partial charge in [-0.2, -0.15) is 4.98 Å². The SMILES string of the molecule is C=CCc1cc(CN2CCCC[C@H]2c2nc(C)no2)ccc1OCC. The van der Waals surface area contributed by atoms with E-state index in [4.69, 9.17) is 9.26 Å². The minimum atomic E-state index is 0.212. The van der Waals surface area contributed by atoms with Gasteiger partial charge in [0.15, 0.2) is 5.82 Å². The summed E-state index contributed by atoms with van der Waals surface area (Å²) in [6.45, 7) is 10.3. The Bertz CT molecular complexity index is 711. The Morgan fingerprint density at radius 3 is 3.00 bits per heavy atom. The van der Waals surface area contributed by atoms with Crippen LogP contribution in [0.5, 0.6) is 5.75 Å². The fourth-order valence-corrected chi connectivity index (χ4v) is 3.49. The second-order valence-electron chi connectivity index (χ2n) is 6.53. The summed E-state index contributed by atoms with van der Waals surface area (Å²) in [5, 5.41) is 3.96. The molecular formula is C20H27N3O2. The number of likely N-dealkylation sites (tertiary alicyclic amines) is 1. The molecule has 0 N–H and O–H groups in total. The van der Waals surface area contributed by atoms with Gasteiger partial charge in [0.05, 0.1) is 12.6 Å².